The lowest BCUT2D eigenvalue weighted by atomic mass is 9.74. The lowest BCUT2D eigenvalue weighted by molar-refractivity contribution is 0.0551. The van der Waals surface area contributed by atoms with Crippen molar-refractivity contribution in [2.75, 3.05) is 26.9 Å². The van der Waals surface area contributed by atoms with Crippen LogP contribution in [-0.4, -0.2) is 32.5 Å². The van der Waals surface area contributed by atoms with Crippen LogP contribution in [0.3, 0.4) is 0 Å². The zero-order valence-corrected chi connectivity index (χ0v) is 11.5. The largest absolute Gasteiger partial charge is 0.382 e. The standard InChI is InChI=1S/C14H29NO2/c1-3-4-13-5-7-14(15,8-6-13)9-10-17-12-11-16-2/h13H,3-12,15H2,1-2H3. The van der Waals surface area contributed by atoms with Crippen LogP contribution >= 0.6 is 0 Å². The third-order valence-electron chi connectivity index (χ3n) is 3.97. The van der Waals surface area contributed by atoms with Gasteiger partial charge >= 0.3 is 0 Å². The zero-order valence-electron chi connectivity index (χ0n) is 11.5. The van der Waals surface area contributed by atoms with Gasteiger partial charge in [-0.1, -0.05) is 19.8 Å². The molecule has 0 aliphatic heterocycles. The van der Waals surface area contributed by atoms with Gasteiger partial charge in [0.15, 0.2) is 0 Å². The smallest absolute Gasteiger partial charge is 0.0700 e. The number of methoxy groups -OCH3 is 1. The summed E-state index contributed by atoms with van der Waals surface area (Å²) in [6, 6.07) is 0. The summed E-state index contributed by atoms with van der Waals surface area (Å²) in [6.45, 7) is 4.41. The molecule has 3 nitrogen and oxygen atoms in total. The van der Waals surface area contributed by atoms with Crippen LogP contribution in [0.15, 0.2) is 0 Å². The summed E-state index contributed by atoms with van der Waals surface area (Å²) in [5.74, 6) is 0.922. The molecule has 0 aromatic carbocycles. The van der Waals surface area contributed by atoms with Gasteiger partial charge < -0.3 is 15.2 Å². The molecule has 1 rings (SSSR count). The molecule has 2 N–H and O–H groups in total. The molecular formula is C14H29NO2. The van der Waals surface area contributed by atoms with Crippen LogP contribution < -0.4 is 5.73 Å². The Morgan fingerprint density at radius 2 is 1.88 bits per heavy atom. The van der Waals surface area contributed by atoms with E-state index >= 15 is 0 Å². The first-order chi connectivity index (χ1) is 8.20. The minimum absolute atomic E-state index is 0.0390. The van der Waals surface area contributed by atoms with E-state index in [1.54, 1.807) is 7.11 Å². The quantitative estimate of drug-likeness (QED) is 0.667. The first-order valence-corrected chi connectivity index (χ1v) is 7.06. The molecule has 17 heavy (non-hydrogen) atoms. The summed E-state index contributed by atoms with van der Waals surface area (Å²) in [4.78, 5) is 0. The van der Waals surface area contributed by atoms with Crippen molar-refractivity contribution in [3.8, 4) is 0 Å². The monoisotopic (exact) mass is 243 g/mol. The summed E-state index contributed by atoms with van der Waals surface area (Å²) in [5, 5.41) is 0. The highest BCUT2D eigenvalue weighted by atomic mass is 16.5. The van der Waals surface area contributed by atoms with E-state index in [9.17, 15) is 0 Å². The number of ether oxygens (including phenoxy) is 2. The number of hydrogen-bond donors (Lipinski definition) is 1. The molecule has 0 spiro atoms. The molecule has 102 valence electrons. The predicted molar refractivity (Wildman–Crippen MR) is 71.1 cm³/mol. The average Bonchev–Trinajstić information content (AvgIpc) is 2.33. The number of rotatable bonds is 8. The summed E-state index contributed by atoms with van der Waals surface area (Å²) in [7, 11) is 1.70. The Morgan fingerprint density at radius 3 is 2.47 bits per heavy atom. The van der Waals surface area contributed by atoms with Crippen molar-refractivity contribution in [1.82, 2.24) is 0 Å². The molecule has 1 saturated carbocycles. The fraction of sp³-hybridized carbons (Fsp3) is 1.00. The van der Waals surface area contributed by atoms with Gasteiger partial charge in [0, 0.05) is 19.3 Å². The van der Waals surface area contributed by atoms with Crippen LogP contribution in [0.2, 0.25) is 0 Å². The van der Waals surface area contributed by atoms with E-state index in [0.717, 1.165) is 18.9 Å². The van der Waals surface area contributed by atoms with Crippen LogP contribution in [0, 0.1) is 5.92 Å². The molecule has 0 heterocycles. The van der Waals surface area contributed by atoms with Crippen LogP contribution in [-0.2, 0) is 9.47 Å². The Morgan fingerprint density at radius 1 is 1.18 bits per heavy atom. The normalized spacial score (nSPS) is 29.5. The van der Waals surface area contributed by atoms with Gasteiger partial charge in [-0.3, -0.25) is 0 Å². The molecule has 0 atom stereocenters. The zero-order chi connectivity index (χ0) is 12.6. The summed E-state index contributed by atoms with van der Waals surface area (Å²) in [6.07, 6.45) is 8.64. The predicted octanol–water partition coefficient (Wildman–Crippen LogP) is 2.73. The maximum Gasteiger partial charge on any atom is 0.0700 e. The van der Waals surface area contributed by atoms with Crippen LogP contribution in [0.5, 0.6) is 0 Å². The Labute approximate surface area is 106 Å². The first-order valence-electron chi connectivity index (χ1n) is 7.06. The van der Waals surface area contributed by atoms with E-state index in [2.05, 4.69) is 6.92 Å². The maximum atomic E-state index is 6.42. The van der Waals surface area contributed by atoms with E-state index in [0.29, 0.717) is 13.2 Å². The second-order valence-electron chi connectivity index (χ2n) is 5.45. The average molecular weight is 243 g/mol. The summed E-state index contributed by atoms with van der Waals surface area (Å²) >= 11 is 0. The molecule has 3 heteroatoms. The highest BCUT2D eigenvalue weighted by molar-refractivity contribution is 4.89. The number of nitrogens with two attached hydrogens (primary N) is 1. The van der Waals surface area contributed by atoms with Gasteiger partial charge in [-0.2, -0.15) is 0 Å². The van der Waals surface area contributed by atoms with Gasteiger partial charge in [0.25, 0.3) is 0 Å². The van der Waals surface area contributed by atoms with Gasteiger partial charge in [-0.15, -0.1) is 0 Å². The van der Waals surface area contributed by atoms with Gasteiger partial charge in [0.1, 0.15) is 0 Å². The molecule has 0 amide bonds. The first kappa shape index (κ1) is 14.9. The molecule has 1 aliphatic carbocycles. The Balaban J connectivity index is 2.11. The summed E-state index contributed by atoms with van der Waals surface area (Å²) in [5.41, 5.74) is 6.46. The lowest BCUT2D eigenvalue weighted by Gasteiger charge is -2.37. The van der Waals surface area contributed by atoms with Crippen molar-refractivity contribution in [2.24, 2.45) is 11.7 Å². The third-order valence-corrected chi connectivity index (χ3v) is 3.97. The van der Waals surface area contributed by atoms with Gasteiger partial charge in [-0.25, -0.2) is 0 Å². The van der Waals surface area contributed by atoms with E-state index in [1.165, 1.54) is 38.5 Å². The lowest BCUT2D eigenvalue weighted by Crippen LogP contribution is -2.44. The van der Waals surface area contributed by atoms with E-state index in [4.69, 9.17) is 15.2 Å². The van der Waals surface area contributed by atoms with Crippen molar-refractivity contribution >= 4 is 0 Å². The molecular weight excluding hydrogens is 214 g/mol. The Hall–Kier alpha value is -0.120. The van der Waals surface area contributed by atoms with Crippen molar-refractivity contribution < 1.29 is 9.47 Å². The molecule has 1 aliphatic rings. The highest BCUT2D eigenvalue weighted by Crippen LogP contribution is 2.34. The third kappa shape index (κ3) is 5.84. The second kappa shape index (κ2) is 8.06. The van der Waals surface area contributed by atoms with Crippen molar-refractivity contribution in [3.63, 3.8) is 0 Å². The maximum absolute atomic E-state index is 6.42. The summed E-state index contributed by atoms with van der Waals surface area (Å²) < 4.78 is 10.5. The molecule has 0 aromatic rings. The van der Waals surface area contributed by atoms with E-state index in [1.807, 2.05) is 0 Å². The molecule has 1 fully saturated rings. The minimum atomic E-state index is 0.0390. The van der Waals surface area contributed by atoms with E-state index in [-0.39, 0.29) is 5.54 Å². The Bertz CT molecular complexity index is 189. The topological polar surface area (TPSA) is 44.5 Å². The van der Waals surface area contributed by atoms with Crippen molar-refractivity contribution in [3.05, 3.63) is 0 Å². The van der Waals surface area contributed by atoms with Gasteiger partial charge in [0.05, 0.1) is 13.2 Å². The fourth-order valence-electron chi connectivity index (χ4n) is 2.72. The molecule has 0 radical (unpaired) electrons. The second-order valence-corrected chi connectivity index (χ2v) is 5.45. The van der Waals surface area contributed by atoms with Crippen LogP contribution in [0.25, 0.3) is 0 Å². The Kier molecular flexibility index (Phi) is 7.09. The van der Waals surface area contributed by atoms with Gasteiger partial charge in [-0.05, 0) is 38.0 Å². The highest BCUT2D eigenvalue weighted by Gasteiger charge is 2.30. The molecule has 0 aromatic heterocycles. The van der Waals surface area contributed by atoms with Crippen molar-refractivity contribution in [1.29, 1.82) is 0 Å². The minimum Gasteiger partial charge on any atom is -0.382 e. The SMILES string of the molecule is CCCC1CCC(N)(CCOCCOC)CC1. The van der Waals surface area contributed by atoms with E-state index < -0.39 is 0 Å². The fourth-order valence-corrected chi connectivity index (χ4v) is 2.72. The molecule has 0 unspecified atom stereocenters. The van der Waals surface area contributed by atoms with Crippen LogP contribution in [0.1, 0.15) is 51.9 Å². The molecule has 0 saturated heterocycles. The number of hydrogen-bond acceptors (Lipinski definition) is 3. The van der Waals surface area contributed by atoms with Crippen LogP contribution in [0.4, 0.5) is 0 Å². The van der Waals surface area contributed by atoms with Crippen molar-refractivity contribution in [2.45, 2.75) is 57.4 Å². The van der Waals surface area contributed by atoms with Gasteiger partial charge in [0.2, 0.25) is 0 Å². The molecule has 0 bridgehead atoms.